The van der Waals surface area contributed by atoms with Crippen LogP contribution in [-0.2, 0) is 43.6 Å². The summed E-state index contributed by atoms with van der Waals surface area (Å²) in [6.45, 7) is 2.21. The van der Waals surface area contributed by atoms with Crippen LogP contribution in [0, 0.1) is 5.92 Å². The van der Waals surface area contributed by atoms with E-state index in [0.717, 1.165) is 37.7 Å². The minimum atomic E-state index is -0.977. The van der Waals surface area contributed by atoms with Gasteiger partial charge in [-0.05, 0) is 34.4 Å². The summed E-state index contributed by atoms with van der Waals surface area (Å²) in [5.41, 5.74) is 4.19. The number of aromatic nitrogens is 1. The second kappa shape index (κ2) is 15.6. The van der Waals surface area contributed by atoms with Gasteiger partial charge in [-0.25, -0.2) is 9.78 Å². The Morgan fingerprint density at radius 3 is 2.33 bits per heavy atom. The van der Waals surface area contributed by atoms with E-state index in [9.17, 15) is 19.5 Å². The van der Waals surface area contributed by atoms with Gasteiger partial charge in [0.15, 0.2) is 6.29 Å². The van der Waals surface area contributed by atoms with Crippen molar-refractivity contribution < 1.29 is 33.7 Å². The van der Waals surface area contributed by atoms with Gasteiger partial charge in [0.1, 0.15) is 12.6 Å². The van der Waals surface area contributed by atoms with Gasteiger partial charge in [-0.2, -0.15) is 0 Å². The Labute approximate surface area is 283 Å². The van der Waals surface area contributed by atoms with Gasteiger partial charge in [0.25, 0.3) is 5.91 Å². The van der Waals surface area contributed by atoms with E-state index in [1.54, 1.807) is 18.0 Å². The Kier molecular flexibility index (Phi) is 10.8. The standard InChI is InChI=1S/C37H37N3O7S/c1-24-31(23-48-32-9-5-6-18-38-32)46-36(47-34(24)28-14-12-26(21-41)13-15-28)29-16-10-25(11-17-29)20-40-33(42)19-30(35(40)43)39-37(44)45-22-27-7-3-2-4-8-27/h2-18,24,30-31,34,36,41H,19-23H2,1H3,(H,39,44). The average Bonchev–Trinajstić information content (AvgIpc) is 3.38. The number of carbonyl (C=O) groups excluding carboxylic acids is 3. The van der Waals surface area contributed by atoms with Gasteiger partial charge in [0.05, 0.1) is 36.8 Å². The quantitative estimate of drug-likeness (QED) is 0.153. The molecule has 6 rings (SSSR count). The van der Waals surface area contributed by atoms with Crippen LogP contribution in [0.25, 0.3) is 0 Å². The molecule has 48 heavy (non-hydrogen) atoms. The molecule has 0 spiro atoms. The molecule has 3 heterocycles. The van der Waals surface area contributed by atoms with Crippen LogP contribution in [0.4, 0.5) is 4.79 Å². The molecule has 3 amide bonds. The third-order valence-corrected chi connectivity index (χ3v) is 9.53. The molecule has 248 valence electrons. The zero-order chi connectivity index (χ0) is 33.5. The molecule has 4 aromatic rings. The van der Waals surface area contributed by atoms with E-state index in [4.69, 9.17) is 14.2 Å². The van der Waals surface area contributed by atoms with E-state index in [1.165, 1.54) is 0 Å². The minimum absolute atomic E-state index is 0.0288. The van der Waals surface area contributed by atoms with Crippen molar-refractivity contribution in [3.8, 4) is 0 Å². The predicted octanol–water partition coefficient (Wildman–Crippen LogP) is 5.71. The molecular weight excluding hydrogens is 630 g/mol. The molecule has 5 unspecified atom stereocenters. The first-order valence-electron chi connectivity index (χ1n) is 15.8. The Morgan fingerprint density at radius 2 is 1.62 bits per heavy atom. The number of hydrogen-bond acceptors (Lipinski definition) is 9. The summed E-state index contributed by atoms with van der Waals surface area (Å²) < 4.78 is 18.3. The van der Waals surface area contributed by atoms with Gasteiger partial charge >= 0.3 is 6.09 Å². The molecule has 2 N–H and O–H groups in total. The highest BCUT2D eigenvalue weighted by Gasteiger charge is 2.40. The molecule has 0 aliphatic carbocycles. The number of benzene rings is 3. The normalized spacial score (nSPS) is 22.5. The first-order chi connectivity index (χ1) is 23.4. The summed E-state index contributed by atoms with van der Waals surface area (Å²) in [4.78, 5) is 43.7. The fourth-order valence-corrected chi connectivity index (χ4v) is 6.77. The monoisotopic (exact) mass is 667 g/mol. The van der Waals surface area contributed by atoms with Gasteiger partial charge in [-0.3, -0.25) is 14.5 Å². The second-order valence-corrected chi connectivity index (χ2v) is 12.9. The summed E-state index contributed by atoms with van der Waals surface area (Å²) in [6.07, 6.45) is -0.170. The zero-order valence-electron chi connectivity index (χ0n) is 26.4. The first-order valence-corrected chi connectivity index (χ1v) is 16.8. The number of nitrogens with zero attached hydrogens (tertiary/aromatic N) is 2. The van der Waals surface area contributed by atoms with Crippen LogP contribution >= 0.6 is 11.8 Å². The molecule has 11 heteroatoms. The van der Waals surface area contributed by atoms with Crippen LogP contribution in [0.1, 0.15) is 53.6 Å². The van der Waals surface area contributed by atoms with E-state index in [2.05, 4.69) is 17.2 Å². The Balaban J connectivity index is 1.10. The van der Waals surface area contributed by atoms with Gasteiger partial charge in [0.2, 0.25) is 5.91 Å². The topological polar surface area (TPSA) is 127 Å². The largest absolute Gasteiger partial charge is 0.445 e. The first kappa shape index (κ1) is 33.4. The third-order valence-electron chi connectivity index (χ3n) is 8.50. The number of amides is 3. The Hall–Kier alpha value is -4.55. The highest BCUT2D eigenvalue weighted by atomic mass is 32.2. The second-order valence-electron chi connectivity index (χ2n) is 11.8. The molecule has 5 atom stereocenters. The van der Waals surface area contributed by atoms with Crippen molar-refractivity contribution in [3.63, 3.8) is 0 Å². The SMILES string of the molecule is CC1C(CSc2ccccn2)OC(c2ccc(CN3C(=O)CC(NC(=O)OCc4ccccc4)C3=O)cc2)OC1c1ccc(CO)cc1. The van der Waals surface area contributed by atoms with Crippen LogP contribution in [-0.4, -0.2) is 50.8 Å². The zero-order valence-corrected chi connectivity index (χ0v) is 27.3. The van der Waals surface area contributed by atoms with Crippen molar-refractivity contribution >= 4 is 29.7 Å². The van der Waals surface area contributed by atoms with Crippen molar-refractivity contribution in [1.29, 1.82) is 0 Å². The summed E-state index contributed by atoms with van der Waals surface area (Å²) in [6, 6.07) is 29.3. The maximum absolute atomic E-state index is 13.1. The molecule has 3 aromatic carbocycles. The van der Waals surface area contributed by atoms with E-state index < -0.39 is 24.3 Å². The number of hydrogen-bond donors (Lipinski definition) is 2. The maximum atomic E-state index is 13.1. The lowest BCUT2D eigenvalue weighted by Gasteiger charge is -2.41. The van der Waals surface area contributed by atoms with Crippen molar-refractivity contribution in [3.05, 3.63) is 131 Å². The molecule has 1 aromatic heterocycles. The molecule has 2 aliphatic rings. The van der Waals surface area contributed by atoms with Crippen LogP contribution in [0.5, 0.6) is 0 Å². The lowest BCUT2D eigenvalue weighted by Crippen LogP contribution is -2.41. The van der Waals surface area contributed by atoms with E-state index in [1.807, 2.05) is 97.1 Å². The molecule has 2 aliphatic heterocycles. The van der Waals surface area contributed by atoms with Gasteiger partial charge in [0, 0.05) is 23.4 Å². The van der Waals surface area contributed by atoms with Gasteiger partial charge in [-0.15, -0.1) is 11.8 Å². The highest BCUT2D eigenvalue weighted by Crippen LogP contribution is 2.43. The van der Waals surface area contributed by atoms with Crippen molar-refractivity contribution in [2.45, 2.75) is 62.7 Å². The number of aliphatic hydroxyl groups is 1. The van der Waals surface area contributed by atoms with Gasteiger partial charge in [-0.1, -0.05) is 91.9 Å². The van der Waals surface area contributed by atoms with Crippen LogP contribution < -0.4 is 5.32 Å². The lowest BCUT2D eigenvalue weighted by molar-refractivity contribution is -0.268. The fraction of sp³-hybridized carbons (Fsp3) is 0.297. The number of rotatable bonds is 11. The number of carbonyl (C=O) groups is 3. The summed E-state index contributed by atoms with van der Waals surface area (Å²) in [7, 11) is 0. The van der Waals surface area contributed by atoms with Crippen molar-refractivity contribution in [1.82, 2.24) is 15.2 Å². The number of thioether (sulfide) groups is 1. The molecule has 2 fully saturated rings. The smallest absolute Gasteiger partial charge is 0.408 e. The number of pyridine rings is 1. The number of alkyl carbamates (subject to hydrolysis) is 1. The lowest BCUT2D eigenvalue weighted by atomic mass is 9.91. The van der Waals surface area contributed by atoms with E-state index in [-0.39, 0.29) is 50.2 Å². The summed E-state index contributed by atoms with van der Waals surface area (Å²) in [5.74, 6) is -0.137. The summed E-state index contributed by atoms with van der Waals surface area (Å²) >= 11 is 1.63. The molecule has 0 radical (unpaired) electrons. The number of ether oxygens (including phenoxy) is 3. The van der Waals surface area contributed by atoms with E-state index >= 15 is 0 Å². The molecule has 0 saturated carbocycles. The number of aliphatic hydroxyl groups excluding tert-OH is 1. The Morgan fingerprint density at radius 1 is 0.917 bits per heavy atom. The van der Waals surface area contributed by atoms with Crippen molar-refractivity contribution in [2.24, 2.45) is 5.92 Å². The van der Waals surface area contributed by atoms with E-state index in [0.29, 0.717) is 5.75 Å². The Bertz CT molecular complexity index is 1690. The number of imide groups is 1. The maximum Gasteiger partial charge on any atom is 0.408 e. The summed E-state index contributed by atoms with van der Waals surface area (Å²) in [5, 5.41) is 13.0. The van der Waals surface area contributed by atoms with Crippen LogP contribution in [0.3, 0.4) is 0 Å². The van der Waals surface area contributed by atoms with Crippen LogP contribution in [0.2, 0.25) is 0 Å². The highest BCUT2D eigenvalue weighted by molar-refractivity contribution is 7.99. The third kappa shape index (κ3) is 8.11. The molecule has 10 nitrogen and oxygen atoms in total. The number of likely N-dealkylation sites (tertiary alicyclic amines) is 1. The number of nitrogens with one attached hydrogen (secondary N) is 1. The van der Waals surface area contributed by atoms with Crippen molar-refractivity contribution in [2.75, 3.05) is 5.75 Å². The molecule has 0 bridgehead atoms. The van der Waals surface area contributed by atoms with Crippen LogP contribution in [0.15, 0.2) is 108 Å². The average molecular weight is 668 g/mol. The fourth-order valence-electron chi connectivity index (χ4n) is 5.74. The molecule has 2 saturated heterocycles. The minimum Gasteiger partial charge on any atom is -0.445 e. The predicted molar refractivity (Wildman–Crippen MR) is 178 cm³/mol. The molecular formula is C37H37N3O7S. The van der Waals surface area contributed by atoms with Gasteiger partial charge < -0.3 is 24.6 Å².